The number of pyridine rings is 1. The normalized spacial score (nSPS) is 16.9. The zero-order chi connectivity index (χ0) is 14.6. The third-order valence-electron chi connectivity index (χ3n) is 4.00. The molecular weight excluding hydrogens is 252 g/mol. The maximum Gasteiger partial charge on any atom is 0.240 e. The van der Waals surface area contributed by atoms with Crippen LogP contribution in [0.3, 0.4) is 0 Å². The molecule has 0 aromatic carbocycles. The molecule has 0 saturated carbocycles. The Morgan fingerprint density at radius 2 is 2.15 bits per heavy atom. The summed E-state index contributed by atoms with van der Waals surface area (Å²) in [5.74, 6) is 0.0597. The van der Waals surface area contributed by atoms with E-state index < -0.39 is 5.54 Å². The van der Waals surface area contributed by atoms with Crippen molar-refractivity contribution in [1.29, 1.82) is 0 Å². The maximum atomic E-state index is 12.4. The van der Waals surface area contributed by atoms with Crippen LogP contribution in [0.4, 0.5) is 0 Å². The Labute approximate surface area is 120 Å². The lowest BCUT2D eigenvalue weighted by Crippen LogP contribution is -2.59. The molecule has 0 unspecified atom stereocenters. The van der Waals surface area contributed by atoms with Crippen LogP contribution in [0.15, 0.2) is 18.3 Å². The zero-order valence-corrected chi connectivity index (χ0v) is 12.6. The molecule has 5 nitrogen and oxygen atoms in total. The van der Waals surface area contributed by atoms with Gasteiger partial charge in [0.05, 0.1) is 17.8 Å². The van der Waals surface area contributed by atoms with Crippen LogP contribution in [0.2, 0.25) is 0 Å². The van der Waals surface area contributed by atoms with Gasteiger partial charge in [0.15, 0.2) is 0 Å². The minimum Gasteiger partial charge on any atom is -0.349 e. The van der Waals surface area contributed by atoms with E-state index in [1.54, 1.807) is 6.20 Å². The van der Waals surface area contributed by atoms with Crippen LogP contribution in [0.25, 0.3) is 0 Å². The molecule has 0 atom stereocenters. The highest BCUT2D eigenvalue weighted by molar-refractivity contribution is 5.85. The lowest BCUT2D eigenvalue weighted by Gasteiger charge is -2.39. The number of nitrogens with zero attached hydrogens (tertiary/aromatic N) is 2. The quantitative estimate of drug-likeness (QED) is 0.849. The lowest BCUT2D eigenvalue weighted by atomic mass is 10.0. The molecular formula is C15H24N4O. The molecule has 0 aliphatic carbocycles. The number of carbonyl (C=O) groups excluding carboxylic acids is 1. The second-order valence-corrected chi connectivity index (χ2v) is 5.75. The second-order valence-electron chi connectivity index (χ2n) is 5.75. The van der Waals surface area contributed by atoms with Crippen LogP contribution in [0, 0.1) is 6.92 Å². The van der Waals surface area contributed by atoms with Crippen LogP contribution in [-0.2, 0) is 11.3 Å². The number of rotatable bonds is 4. The van der Waals surface area contributed by atoms with E-state index in [0.29, 0.717) is 6.54 Å². The van der Waals surface area contributed by atoms with Crippen LogP contribution < -0.4 is 10.6 Å². The molecule has 1 aromatic rings. The fourth-order valence-electron chi connectivity index (χ4n) is 2.45. The SMILES string of the molecule is Cc1cccnc1CNC(=O)C(C)(C)N1CCNCC1. The largest absolute Gasteiger partial charge is 0.349 e. The summed E-state index contributed by atoms with van der Waals surface area (Å²) in [6.07, 6.45) is 1.76. The summed E-state index contributed by atoms with van der Waals surface area (Å²) >= 11 is 0. The van der Waals surface area contributed by atoms with Gasteiger partial charge in [-0.15, -0.1) is 0 Å². The van der Waals surface area contributed by atoms with E-state index in [4.69, 9.17) is 0 Å². The minimum absolute atomic E-state index is 0.0597. The topological polar surface area (TPSA) is 57.3 Å². The average Bonchev–Trinajstić information content (AvgIpc) is 2.47. The average molecular weight is 276 g/mol. The van der Waals surface area contributed by atoms with Gasteiger partial charge < -0.3 is 10.6 Å². The lowest BCUT2D eigenvalue weighted by molar-refractivity contribution is -0.132. The number of piperazine rings is 1. The first-order valence-corrected chi connectivity index (χ1v) is 7.16. The van der Waals surface area contributed by atoms with Crippen molar-refractivity contribution in [3.05, 3.63) is 29.6 Å². The molecule has 1 aromatic heterocycles. The third kappa shape index (κ3) is 3.35. The van der Waals surface area contributed by atoms with Gasteiger partial charge in [-0.1, -0.05) is 6.07 Å². The smallest absolute Gasteiger partial charge is 0.240 e. The van der Waals surface area contributed by atoms with Gasteiger partial charge in [0, 0.05) is 32.4 Å². The summed E-state index contributed by atoms with van der Waals surface area (Å²) in [4.78, 5) is 19.0. The first kappa shape index (κ1) is 14.9. The highest BCUT2D eigenvalue weighted by Gasteiger charge is 2.34. The van der Waals surface area contributed by atoms with Crippen molar-refractivity contribution >= 4 is 5.91 Å². The molecule has 5 heteroatoms. The number of aromatic nitrogens is 1. The van der Waals surface area contributed by atoms with Gasteiger partial charge in [-0.25, -0.2) is 0 Å². The summed E-state index contributed by atoms with van der Waals surface area (Å²) in [7, 11) is 0. The van der Waals surface area contributed by atoms with Crippen LogP contribution in [-0.4, -0.2) is 47.5 Å². The number of nitrogens with one attached hydrogen (secondary N) is 2. The predicted molar refractivity (Wildman–Crippen MR) is 79.3 cm³/mol. The van der Waals surface area contributed by atoms with Gasteiger partial charge in [0.1, 0.15) is 0 Å². The molecule has 110 valence electrons. The molecule has 0 spiro atoms. The molecule has 2 heterocycles. The van der Waals surface area contributed by atoms with Crippen molar-refractivity contribution in [3.8, 4) is 0 Å². The second kappa shape index (κ2) is 6.33. The summed E-state index contributed by atoms with van der Waals surface area (Å²) < 4.78 is 0. The zero-order valence-electron chi connectivity index (χ0n) is 12.6. The van der Waals surface area contributed by atoms with E-state index in [1.165, 1.54) is 0 Å². The van der Waals surface area contributed by atoms with Crippen molar-refractivity contribution in [2.45, 2.75) is 32.9 Å². The van der Waals surface area contributed by atoms with Gasteiger partial charge in [0.25, 0.3) is 0 Å². The summed E-state index contributed by atoms with van der Waals surface area (Å²) in [5.41, 5.74) is 1.55. The highest BCUT2D eigenvalue weighted by atomic mass is 16.2. The molecule has 0 bridgehead atoms. The standard InChI is InChI=1S/C15H24N4O/c1-12-5-4-6-17-13(12)11-18-14(20)15(2,3)19-9-7-16-8-10-19/h4-6,16H,7-11H2,1-3H3,(H,18,20). The van der Waals surface area contributed by atoms with Crippen molar-refractivity contribution in [2.75, 3.05) is 26.2 Å². The highest BCUT2D eigenvalue weighted by Crippen LogP contribution is 2.15. The van der Waals surface area contributed by atoms with Gasteiger partial charge in [-0.2, -0.15) is 0 Å². The number of hydrogen-bond donors (Lipinski definition) is 2. The molecule has 1 saturated heterocycles. The molecule has 1 aliphatic rings. The van der Waals surface area contributed by atoms with Gasteiger partial charge in [-0.05, 0) is 32.4 Å². The number of hydrogen-bond acceptors (Lipinski definition) is 4. The maximum absolute atomic E-state index is 12.4. The summed E-state index contributed by atoms with van der Waals surface area (Å²) in [6, 6.07) is 3.92. The van der Waals surface area contributed by atoms with Gasteiger partial charge >= 0.3 is 0 Å². The van der Waals surface area contributed by atoms with Crippen molar-refractivity contribution in [3.63, 3.8) is 0 Å². The molecule has 1 amide bonds. The van der Waals surface area contributed by atoms with E-state index in [1.807, 2.05) is 32.9 Å². The van der Waals surface area contributed by atoms with Gasteiger partial charge in [0.2, 0.25) is 5.91 Å². The third-order valence-corrected chi connectivity index (χ3v) is 4.00. The van der Waals surface area contributed by atoms with Gasteiger partial charge in [-0.3, -0.25) is 14.7 Å². The monoisotopic (exact) mass is 276 g/mol. The van der Waals surface area contributed by atoms with Crippen molar-refractivity contribution in [1.82, 2.24) is 20.5 Å². The summed E-state index contributed by atoms with van der Waals surface area (Å²) in [6.45, 7) is 10.2. The van der Waals surface area contributed by atoms with Crippen LogP contribution in [0.5, 0.6) is 0 Å². The molecule has 2 N–H and O–H groups in total. The Kier molecular flexibility index (Phi) is 4.73. The van der Waals surface area contributed by atoms with E-state index >= 15 is 0 Å². The molecule has 1 fully saturated rings. The Hall–Kier alpha value is -1.46. The first-order valence-electron chi connectivity index (χ1n) is 7.16. The number of carbonyl (C=O) groups is 1. The van der Waals surface area contributed by atoms with Crippen LogP contribution >= 0.6 is 0 Å². The molecule has 1 aliphatic heterocycles. The summed E-state index contributed by atoms with van der Waals surface area (Å²) in [5, 5.41) is 6.32. The molecule has 20 heavy (non-hydrogen) atoms. The fourth-order valence-corrected chi connectivity index (χ4v) is 2.45. The van der Waals surface area contributed by atoms with Crippen molar-refractivity contribution < 1.29 is 4.79 Å². The Morgan fingerprint density at radius 3 is 2.80 bits per heavy atom. The van der Waals surface area contributed by atoms with E-state index in [2.05, 4.69) is 20.5 Å². The fraction of sp³-hybridized carbons (Fsp3) is 0.600. The first-order chi connectivity index (χ1) is 9.51. The van der Waals surface area contributed by atoms with Crippen LogP contribution in [0.1, 0.15) is 25.1 Å². The number of aryl methyl sites for hydroxylation is 1. The Morgan fingerprint density at radius 1 is 1.45 bits per heavy atom. The Bertz CT molecular complexity index is 467. The molecule has 0 radical (unpaired) electrons. The minimum atomic E-state index is -0.481. The van der Waals surface area contributed by atoms with E-state index in [0.717, 1.165) is 37.4 Å². The van der Waals surface area contributed by atoms with E-state index in [-0.39, 0.29) is 5.91 Å². The van der Waals surface area contributed by atoms with Crippen molar-refractivity contribution in [2.24, 2.45) is 0 Å². The van der Waals surface area contributed by atoms with E-state index in [9.17, 15) is 4.79 Å². The molecule has 2 rings (SSSR count). The predicted octanol–water partition coefficient (Wildman–Crippen LogP) is 0.690. The Balaban J connectivity index is 1.95. The number of amides is 1.